The van der Waals surface area contributed by atoms with Crippen molar-refractivity contribution in [2.45, 2.75) is 31.0 Å². The number of nitrogens with zero attached hydrogens (tertiary/aromatic N) is 5. The summed E-state index contributed by atoms with van der Waals surface area (Å²) in [5.74, 6) is 0. The minimum Gasteiger partial charge on any atom is -0.379 e. The highest BCUT2D eigenvalue weighted by Gasteiger charge is 2.22. The number of sulfonamides is 1. The van der Waals surface area contributed by atoms with Crippen molar-refractivity contribution in [2.24, 2.45) is 0 Å². The molecular weight excluding hydrogens is 385 g/mol. The monoisotopic (exact) mass is 411 g/mol. The van der Waals surface area contributed by atoms with E-state index in [-0.39, 0.29) is 11.4 Å². The van der Waals surface area contributed by atoms with E-state index >= 15 is 0 Å². The van der Waals surface area contributed by atoms with E-state index in [9.17, 15) is 12.8 Å². The number of rotatable bonds is 9. The lowest BCUT2D eigenvalue weighted by atomic mass is 10.2. The molecule has 0 bridgehead atoms. The fraction of sp³-hybridized carbons (Fsp3) is 0.556. The second-order valence-electron chi connectivity index (χ2n) is 6.81. The third kappa shape index (κ3) is 5.34. The molecule has 0 N–H and O–H groups in total. The van der Waals surface area contributed by atoms with Gasteiger partial charge in [0.05, 0.1) is 37.0 Å². The Morgan fingerprint density at radius 3 is 2.61 bits per heavy atom. The molecule has 2 heterocycles. The molecular formula is C18H26FN5O3S. The number of alkyl halides is 1. The Hall–Kier alpha value is -1.88. The average molecular weight is 412 g/mol. The van der Waals surface area contributed by atoms with Gasteiger partial charge < -0.3 is 4.74 Å². The first-order valence-electron chi connectivity index (χ1n) is 9.29. The van der Waals surface area contributed by atoms with Crippen molar-refractivity contribution in [3.63, 3.8) is 0 Å². The molecule has 0 amide bonds. The van der Waals surface area contributed by atoms with Gasteiger partial charge in [-0.15, -0.1) is 5.10 Å². The molecule has 1 saturated heterocycles. The van der Waals surface area contributed by atoms with Gasteiger partial charge in [-0.25, -0.2) is 8.42 Å². The van der Waals surface area contributed by atoms with Gasteiger partial charge in [0.15, 0.2) is 0 Å². The summed E-state index contributed by atoms with van der Waals surface area (Å²) < 4.78 is 46.0. The Morgan fingerprint density at radius 1 is 1.21 bits per heavy atom. The number of hydrogen-bond donors (Lipinski definition) is 0. The summed E-state index contributed by atoms with van der Waals surface area (Å²) in [6.07, 6.45) is 2.00. The molecule has 0 aliphatic carbocycles. The number of morpholine rings is 1. The second kappa shape index (κ2) is 9.55. The quantitative estimate of drug-likeness (QED) is 0.619. The molecule has 1 aliphatic heterocycles. The molecule has 8 nitrogen and oxygen atoms in total. The van der Waals surface area contributed by atoms with E-state index in [4.69, 9.17) is 4.74 Å². The van der Waals surface area contributed by atoms with Gasteiger partial charge in [-0.3, -0.25) is 14.0 Å². The van der Waals surface area contributed by atoms with Crippen LogP contribution in [0.2, 0.25) is 0 Å². The minimum absolute atomic E-state index is 0.105. The Kier molecular flexibility index (Phi) is 7.11. The van der Waals surface area contributed by atoms with Crippen molar-refractivity contribution < 1.29 is 17.5 Å². The zero-order valence-corrected chi connectivity index (χ0v) is 16.8. The van der Waals surface area contributed by atoms with Crippen LogP contribution < -0.4 is 0 Å². The molecule has 1 aliphatic rings. The summed E-state index contributed by atoms with van der Waals surface area (Å²) in [7, 11) is -2.12. The van der Waals surface area contributed by atoms with Crippen LogP contribution in [0.3, 0.4) is 0 Å². The smallest absolute Gasteiger partial charge is 0.243 e. The van der Waals surface area contributed by atoms with Crippen LogP contribution in [0.25, 0.3) is 0 Å². The molecule has 28 heavy (non-hydrogen) atoms. The Bertz CT molecular complexity index is 850. The van der Waals surface area contributed by atoms with Crippen molar-refractivity contribution in [1.82, 2.24) is 24.2 Å². The summed E-state index contributed by atoms with van der Waals surface area (Å²) in [5.41, 5.74) is 1.59. The second-order valence-corrected chi connectivity index (χ2v) is 8.85. The maximum Gasteiger partial charge on any atom is 0.243 e. The van der Waals surface area contributed by atoms with E-state index in [1.54, 1.807) is 18.3 Å². The van der Waals surface area contributed by atoms with E-state index in [2.05, 4.69) is 15.2 Å². The summed E-state index contributed by atoms with van der Waals surface area (Å²) in [6, 6.07) is 6.98. The number of hydrogen-bond acceptors (Lipinski definition) is 6. The first-order chi connectivity index (χ1) is 13.5. The topological polar surface area (TPSA) is 80.6 Å². The van der Waals surface area contributed by atoms with Gasteiger partial charge in [0, 0.05) is 39.4 Å². The molecule has 0 unspecified atom stereocenters. The molecule has 1 fully saturated rings. The van der Waals surface area contributed by atoms with Crippen molar-refractivity contribution in [3.8, 4) is 0 Å². The molecule has 10 heteroatoms. The van der Waals surface area contributed by atoms with Crippen LogP contribution in [0.1, 0.15) is 17.7 Å². The first-order valence-corrected chi connectivity index (χ1v) is 10.7. The maximum atomic E-state index is 12.8. The molecule has 154 valence electrons. The summed E-state index contributed by atoms with van der Waals surface area (Å²) in [4.78, 5) is 2.52. The average Bonchev–Trinajstić information content (AvgIpc) is 3.15. The van der Waals surface area contributed by atoms with E-state index in [0.717, 1.165) is 38.4 Å². The Morgan fingerprint density at radius 2 is 1.93 bits per heavy atom. The molecule has 1 aromatic heterocycles. The molecule has 0 spiro atoms. The third-order valence-corrected chi connectivity index (χ3v) is 6.45. The highest BCUT2D eigenvalue weighted by Crippen LogP contribution is 2.18. The van der Waals surface area contributed by atoms with Gasteiger partial charge in [0.2, 0.25) is 10.0 Å². The molecule has 3 rings (SSSR count). The number of benzene rings is 1. The number of ether oxygens (including phenoxy) is 1. The summed E-state index contributed by atoms with van der Waals surface area (Å²) in [6.45, 7) is 4.11. The van der Waals surface area contributed by atoms with Crippen LogP contribution in [0.5, 0.6) is 0 Å². The predicted molar refractivity (Wildman–Crippen MR) is 102 cm³/mol. The van der Waals surface area contributed by atoms with Gasteiger partial charge in [-0.2, -0.15) is 4.31 Å². The zero-order chi connectivity index (χ0) is 20.0. The molecule has 2 aromatic rings. The standard InChI is InChI=1S/C18H26FN5O3S/c1-22(14-17-15-24(21-20-17)8-2-7-19)28(25,26)18-5-3-16(4-6-18)13-23-9-11-27-12-10-23/h3-6,15H,2,7-14H2,1H3. The lowest BCUT2D eigenvalue weighted by Gasteiger charge is -2.26. The van der Waals surface area contributed by atoms with Crippen LogP contribution in [-0.2, 0) is 34.4 Å². The Labute approximate surface area is 164 Å². The number of aromatic nitrogens is 3. The van der Waals surface area contributed by atoms with Crippen LogP contribution in [0.15, 0.2) is 35.4 Å². The lowest BCUT2D eigenvalue weighted by molar-refractivity contribution is 0.0342. The van der Waals surface area contributed by atoms with Crippen molar-refractivity contribution in [2.75, 3.05) is 40.0 Å². The lowest BCUT2D eigenvalue weighted by Crippen LogP contribution is -2.35. The van der Waals surface area contributed by atoms with Crippen molar-refractivity contribution >= 4 is 10.0 Å². The third-order valence-electron chi connectivity index (χ3n) is 4.63. The van der Waals surface area contributed by atoms with Crippen LogP contribution in [-0.4, -0.2) is 72.6 Å². The first kappa shape index (κ1) is 20.8. The van der Waals surface area contributed by atoms with Gasteiger partial charge in [-0.05, 0) is 24.1 Å². The van der Waals surface area contributed by atoms with Crippen molar-refractivity contribution in [3.05, 3.63) is 41.7 Å². The fourth-order valence-electron chi connectivity index (χ4n) is 3.02. The normalized spacial score (nSPS) is 16.0. The zero-order valence-electron chi connectivity index (χ0n) is 16.0. The SMILES string of the molecule is CN(Cc1cn(CCCF)nn1)S(=O)(=O)c1ccc(CN2CCOCC2)cc1. The molecule has 0 atom stereocenters. The molecule has 1 aromatic carbocycles. The van der Waals surface area contributed by atoms with Gasteiger partial charge in [-0.1, -0.05) is 17.3 Å². The fourth-order valence-corrected chi connectivity index (χ4v) is 4.16. The van der Waals surface area contributed by atoms with Gasteiger partial charge >= 0.3 is 0 Å². The van der Waals surface area contributed by atoms with Crippen LogP contribution in [0.4, 0.5) is 4.39 Å². The summed E-state index contributed by atoms with van der Waals surface area (Å²) >= 11 is 0. The van der Waals surface area contributed by atoms with Crippen LogP contribution >= 0.6 is 0 Å². The largest absolute Gasteiger partial charge is 0.379 e. The minimum atomic E-state index is -3.63. The molecule has 0 radical (unpaired) electrons. The predicted octanol–water partition coefficient (Wildman–Crippen LogP) is 1.29. The highest BCUT2D eigenvalue weighted by molar-refractivity contribution is 7.89. The van der Waals surface area contributed by atoms with E-state index < -0.39 is 16.7 Å². The summed E-state index contributed by atoms with van der Waals surface area (Å²) in [5, 5.41) is 7.86. The van der Waals surface area contributed by atoms with Crippen molar-refractivity contribution in [1.29, 1.82) is 0 Å². The van der Waals surface area contributed by atoms with E-state index in [0.29, 0.717) is 18.7 Å². The molecule has 0 saturated carbocycles. The van der Waals surface area contributed by atoms with E-state index in [1.165, 1.54) is 16.0 Å². The van der Waals surface area contributed by atoms with Gasteiger partial charge in [0.25, 0.3) is 0 Å². The number of aryl methyl sites for hydroxylation is 1. The van der Waals surface area contributed by atoms with Gasteiger partial charge in [0.1, 0.15) is 0 Å². The maximum absolute atomic E-state index is 12.8. The Balaban J connectivity index is 1.61. The van der Waals surface area contributed by atoms with Crippen LogP contribution in [0, 0.1) is 0 Å². The highest BCUT2D eigenvalue weighted by atomic mass is 32.2. The van der Waals surface area contributed by atoms with E-state index in [1.807, 2.05) is 12.1 Å². The number of halogens is 1.